The standard InChI is InChI=1S/C24H15ClN2O3S/c25-16-12-10-14(11-13-16)20-19(21(28)15-6-2-1-3-7-15)22(29)23(30)27(20)24-26-17-8-4-5-9-18(17)31-24/h1-13,20,28H/t20-/m0/s1. The van der Waals surface area contributed by atoms with Crippen LogP contribution >= 0.6 is 22.9 Å². The molecule has 1 aliphatic rings. The number of anilines is 1. The molecule has 31 heavy (non-hydrogen) atoms. The fraction of sp³-hybridized carbons (Fsp3) is 0.0417. The fourth-order valence-corrected chi connectivity index (χ4v) is 4.82. The number of carbonyl (C=O) groups excluding carboxylic acids is 2. The normalized spacial score (nSPS) is 18.1. The van der Waals surface area contributed by atoms with Crippen molar-refractivity contribution in [3.8, 4) is 0 Å². The lowest BCUT2D eigenvalue weighted by molar-refractivity contribution is -0.132. The van der Waals surface area contributed by atoms with Gasteiger partial charge in [0.2, 0.25) is 0 Å². The van der Waals surface area contributed by atoms with Gasteiger partial charge in [0.25, 0.3) is 5.78 Å². The zero-order chi connectivity index (χ0) is 21.5. The number of benzene rings is 3. The van der Waals surface area contributed by atoms with E-state index in [2.05, 4.69) is 4.98 Å². The van der Waals surface area contributed by atoms with E-state index in [4.69, 9.17) is 11.6 Å². The molecule has 1 atom stereocenters. The number of amides is 1. The van der Waals surface area contributed by atoms with Crippen molar-refractivity contribution >= 4 is 55.7 Å². The summed E-state index contributed by atoms with van der Waals surface area (Å²) in [6.45, 7) is 0. The smallest absolute Gasteiger partial charge is 0.301 e. The van der Waals surface area contributed by atoms with Gasteiger partial charge in [-0.05, 0) is 29.8 Å². The first kappa shape index (κ1) is 19.5. The van der Waals surface area contributed by atoms with Crippen LogP contribution in [0.5, 0.6) is 0 Å². The van der Waals surface area contributed by atoms with Crippen molar-refractivity contribution in [3.63, 3.8) is 0 Å². The summed E-state index contributed by atoms with van der Waals surface area (Å²) in [7, 11) is 0. The minimum Gasteiger partial charge on any atom is -0.507 e. The molecule has 1 aromatic heterocycles. The topological polar surface area (TPSA) is 70.5 Å². The second kappa shape index (κ2) is 7.65. The third kappa shape index (κ3) is 3.30. The molecule has 0 spiro atoms. The van der Waals surface area contributed by atoms with Crippen molar-refractivity contribution in [1.29, 1.82) is 0 Å². The largest absolute Gasteiger partial charge is 0.507 e. The van der Waals surface area contributed by atoms with E-state index < -0.39 is 17.7 Å². The lowest BCUT2D eigenvalue weighted by Crippen LogP contribution is -2.29. The summed E-state index contributed by atoms with van der Waals surface area (Å²) in [6.07, 6.45) is 0. The first-order valence-electron chi connectivity index (χ1n) is 9.52. The molecule has 0 aliphatic carbocycles. The number of hydrogen-bond donors (Lipinski definition) is 1. The maximum absolute atomic E-state index is 13.2. The van der Waals surface area contributed by atoms with Crippen molar-refractivity contribution in [2.24, 2.45) is 0 Å². The van der Waals surface area contributed by atoms with Crippen molar-refractivity contribution in [2.45, 2.75) is 6.04 Å². The quantitative estimate of drug-likeness (QED) is 0.253. The van der Waals surface area contributed by atoms with Crippen molar-refractivity contribution in [1.82, 2.24) is 4.98 Å². The van der Waals surface area contributed by atoms with Crippen LogP contribution in [-0.2, 0) is 9.59 Å². The van der Waals surface area contributed by atoms with Gasteiger partial charge in [0, 0.05) is 10.6 Å². The van der Waals surface area contributed by atoms with E-state index >= 15 is 0 Å². The van der Waals surface area contributed by atoms with Crippen LogP contribution in [0.1, 0.15) is 17.2 Å². The van der Waals surface area contributed by atoms with Gasteiger partial charge in [-0.15, -0.1) is 0 Å². The highest BCUT2D eigenvalue weighted by Crippen LogP contribution is 2.44. The van der Waals surface area contributed by atoms with Crippen molar-refractivity contribution in [3.05, 3.63) is 101 Å². The summed E-state index contributed by atoms with van der Waals surface area (Å²) in [5.74, 6) is -1.69. The van der Waals surface area contributed by atoms with Gasteiger partial charge in [0.05, 0.1) is 21.8 Å². The maximum Gasteiger partial charge on any atom is 0.301 e. The molecule has 1 amide bonds. The molecule has 0 unspecified atom stereocenters. The highest BCUT2D eigenvalue weighted by atomic mass is 35.5. The number of para-hydroxylation sites is 1. The van der Waals surface area contributed by atoms with Crippen LogP contribution in [0, 0.1) is 0 Å². The first-order valence-corrected chi connectivity index (χ1v) is 10.7. The molecule has 2 heterocycles. The Morgan fingerprint density at radius 3 is 2.32 bits per heavy atom. The summed E-state index contributed by atoms with van der Waals surface area (Å²) in [5, 5.41) is 12.0. The van der Waals surface area contributed by atoms with E-state index in [-0.39, 0.29) is 11.3 Å². The number of Topliss-reactive ketones (excluding diaryl/α,β-unsaturated/α-hetero) is 1. The first-order chi connectivity index (χ1) is 15.0. The maximum atomic E-state index is 13.2. The van der Waals surface area contributed by atoms with Crippen LogP contribution in [0.3, 0.4) is 0 Å². The van der Waals surface area contributed by atoms with Crippen molar-refractivity contribution in [2.75, 3.05) is 4.90 Å². The second-order valence-electron chi connectivity index (χ2n) is 7.05. The highest BCUT2D eigenvalue weighted by molar-refractivity contribution is 7.22. The molecular weight excluding hydrogens is 432 g/mol. The Morgan fingerprint density at radius 1 is 0.935 bits per heavy atom. The van der Waals surface area contributed by atoms with Crippen LogP contribution in [0.2, 0.25) is 5.02 Å². The van der Waals surface area contributed by atoms with Gasteiger partial charge in [-0.2, -0.15) is 0 Å². The van der Waals surface area contributed by atoms with E-state index in [9.17, 15) is 14.7 Å². The van der Waals surface area contributed by atoms with Crippen LogP contribution in [0.4, 0.5) is 5.13 Å². The number of thiazole rings is 1. The Hall–Kier alpha value is -3.48. The number of aromatic nitrogens is 1. The average Bonchev–Trinajstić information content (AvgIpc) is 3.33. The SMILES string of the molecule is O=C1C(=O)N(c2nc3ccccc3s2)[C@@H](c2ccc(Cl)cc2)C1=C(O)c1ccccc1. The van der Waals surface area contributed by atoms with Crippen LogP contribution in [0.25, 0.3) is 16.0 Å². The van der Waals surface area contributed by atoms with Gasteiger partial charge in [-0.25, -0.2) is 4.98 Å². The van der Waals surface area contributed by atoms with E-state index in [0.717, 1.165) is 10.2 Å². The summed E-state index contributed by atoms with van der Waals surface area (Å²) in [6, 6.07) is 22.3. The van der Waals surface area contributed by atoms with E-state index in [1.807, 2.05) is 30.3 Å². The molecule has 152 valence electrons. The molecular formula is C24H15ClN2O3S. The third-order valence-corrected chi connectivity index (χ3v) is 6.45. The molecule has 0 saturated carbocycles. The predicted octanol–water partition coefficient (Wildman–Crippen LogP) is 5.58. The summed E-state index contributed by atoms with van der Waals surface area (Å²) in [4.78, 5) is 32.2. The van der Waals surface area contributed by atoms with Gasteiger partial charge in [-0.3, -0.25) is 14.5 Å². The van der Waals surface area contributed by atoms with Gasteiger partial charge < -0.3 is 5.11 Å². The van der Waals surface area contributed by atoms with Gasteiger partial charge in [-0.1, -0.05) is 77.5 Å². The van der Waals surface area contributed by atoms with Crippen LogP contribution in [0.15, 0.2) is 84.4 Å². The fourth-order valence-electron chi connectivity index (χ4n) is 3.70. The second-order valence-corrected chi connectivity index (χ2v) is 8.50. The van der Waals surface area contributed by atoms with E-state index in [1.54, 1.807) is 48.5 Å². The molecule has 7 heteroatoms. The molecule has 3 aromatic carbocycles. The number of fused-ring (bicyclic) bond motifs is 1. The number of halogens is 1. The molecule has 1 fully saturated rings. The number of rotatable bonds is 3. The molecule has 4 aromatic rings. The Kier molecular flexibility index (Phi) is 4.81. The Morgan fingerprint density at radius 2 is 1.61 bits per heavy atom. The lowest BCUT2D eigenvalue weighted by Gasteiger charge is -2.23. The van der Waals surface area contributed by atoms with Crippen molar-refractivity contribution < 1.29 is 14.7 Å². The number of nitrogens with zero attached hydrogens (tertiary/aromatic N) is 2. The lowest BCUT2D eigenvalue weighted by atomic mass is 9.95. The van der Waals surface area contributed by atoms with Gasteiger partial charge in [0.1, 0.15) is 5.76 Å². The van der Waals surface area contributed by atoms with Gasteiger partial charge >= 0.3 is 5.91 Å². The van der Waals surface area contributed by atoms with Crippen LogP contribution in [-0.4, -0.2) is 21.8 Å². The van der Waals surface area contributed by atoms with E-state index in [1.165, 1.54) is 16.2 Å². The Labute approximate surface area is 186 Å². The number of hydrogen-bond acceptors (Lipinski definition) is 5. The minimum atomic E-state index is -0.821. The Bertz CT molecular complexity index is 1310. The zero-order valence-corrected chi connectivity index (χ0v) is 17.6. The summed E-state index contributed by atoms with van der Waals surface area (Å²) < 4.78 is 0.900. The predicted molar refractivity (Wildman–Crippen MR) is 122 cm³/mol. The Balaban J connectivity index is 1.74. The molecule has 1 saturated heterocycles. The molecule has 0 bridgehead atoms. The minimum absolute atomic E-state index is 0.0257. The molecule has 5 rings (SSSR count). The number of ketones is 1. The number of aliphatic hydroxyl groups is 1. The summed E-state index contributed by atoms with van der Waals surface area (Å²) in [5.41, 5.74) is 1.88. The van der Waals surface area contributed by atoms with Gasteiger partial charge in [0.15, 0.2) is 5.13 Å². The van der Waals surface area contributed by atoms with Crippen LogP contribution < -0.4 is 4.90 Å². The highest BCUT2D eigenvalue weighted by Gasteiger charge is 2.48. The zero-order valence-electron chi connectivity index (χ0n) is 16.0. The molecule has 1 N–H and O–H groups in total. The molecule has 5 nitrogen and oxygen atoms in total. The number of aliphatic hydroxyl groups excluding tert-OH is 1. The monoisotopic (exact) mass is 446 g/mol. The molecule has 0 radical (unpaired) electrons. The molecule has 1 aliphatic heterocycles. The number of carbonyl (C=O) groups is 2. The summed E-state index contributed by atoms with van der Waals surface area (Å²) >= 11 is 7.38. The average molecular weight is 447 g/mol. The third-order valence-electron chi connectivity index (χ3n) is 5.17. The van der Waals surface area contributed by atoms with E-state index in [0.29, 0.717) is 21.3 Å².